The summed E-state index contributed by atoms with van der Waals surface area (Å²) in [5, 5.41) is 8.59. The van der Waals surface area contributed by atoms with Crippen molar-refractivity contribution in [3.8, 4) is 5.75 Å². The molecule has 0 N–H and O–H groups in total. The van der Waals surface area contributed by atoms with E-state index in [0.29, 0.717) is 5.92 Å². The van der Waals surface area contributed by atoms with Crippen LogP contribution in [0, 0.1) is 6.92 Å². The van der Waals surface area contributed by atoms with Crippen LogP contribution in [0.25, 0.3) is 0 Å². The van der Waals surface area contributed by atoms with Crippen LogP contribution in [-0.2, 0) is 13.0 Å². The fourth-order valence-corrected chi connectivity index (χ4v) is 3.16. The molecule has 0 saturated carbocycles. The van der Waals surface area contributed by atoms with Crippen molar-refractivity contribution in [1.82, 2.24) is 15.0 Å². The number of rotatable bonds is 6. The minimum absolute atomic E-state index is 0.322. The Balaban J connectivity index is 1.73. The summed E-state index contributed by atoms with van der Waals surface area (Å²) in [5.41, 5.74) is 4.72. The highest BCUT2D eigenvalue weighted by Crippen LogP contribution is 2.31. The summed E-state index contributed by atoms with van der Waals surface area (Å²) in [5.74, 6) is 1.27. The van der Waals surface area contributed by atoms with E-state index in [1.807, 2.05) is 41.2 Å². The normalized spacial score (nSPS) is 12.1. The molecule has 1 aromatic heterocycles. The van der Waals surface area contributed by atoms with Crippen molar-refractivity contribution in [3.05, 3.63) is 77.1 Å². The van der Waals surface area contributed by atoms with Crippen LogP contribution in [0.3, 0.4) is 0 Å². The second-order valence-electron chi connectivity index (χ2n) is 6.19. The molecule has 0 aliphatic rings. The molecule has 0 amide bonds. The van der Waals surface area contributed by atoms with Gasteiger partial charge in [-0.1, -0.05) is 54.6 Å². The molecule has 0 bridgehead atoms. The summed E-state index contributed by atoms with van der Waals surface area (Å²) in [6, 6.07) is 16.5. The number of aromatic nitrogens is 3. The molecule has 1 atom stereocenters. The highest BCUT2D eigenvalue weighted by molar-refractivity contribution is 5.42. The predicted octanol–water partition coefficient (Wildman–Crippen LogP) is 3.99. The molecule has 0 radical (unpaired) electrons. The number of ether oxygens (including phenoxy) is 1. The topological polar surface area (TPSA) is 39.9 Å². The van der Waals surface area contributed by atoms with E-state index in [-0.39, 0.29) is 0 Å². The predicted molar refractivity (Wildman–Crippen MR) is 95.4 cm³/mol. The number of methoxy groups -OCH3 is 1. The van der Waals surface area contributed by atoms with E-state index in [4.69, 9.17) is 4.74 Å². The Labute approximate surface area is 143 Å². The molecule has 4 nitrogen and oxygen atoms in total. The zero-order chi connectivity index (χ0) is 16.9. The first-order valence-corrected chi connectivity index (χ1v) is 8.24. The Morgan fingerprint density at radius 1 is 1.08 bits per heavy atom. The first-order valence-electron chi connectivity index (χ1n) is 8.24. The van der Waals surface area contributed by atoms with Gasteiger partial charge in [-0.2, -0.15) is 0 Å². The molecule has 3 aromatic rings. The van der Waals surface area contributed by atoms with Gasteiger partial charge in [0.25, 0.3) is 0 Å². The number of benzene rings is 2. The first-order chi connectivity index (χ1) is 11.7. The Morgan fingerprint density at radius 2 is 1.88 bits per heavy atom. The fraction of sp³-hybridized carbons (Fsp3) is 0.300. The third-order valence-corrected chi connectivity index (χ3v) is 4.29. The molecule has 0 spiro atoms. The van der Waals surface area contributed by atoms with Crippen molar-refractivity contribution in [2.75, 3.05) is 7.11 Å². The Bertz CT molecular complexity index is 796. The van der Waals surface area contributed by atoms with Gasteiger partial charge in [-0.25, -0.2) is 4.68 Å². The molecule has 2 aromatic carbocycles. The van der Waals surface area contributed by atoms with Crippen LogP contribution in [0.2, 0.25) is 0 Å². The Hall–Kier alpha value is -2.62. The molecule has 1 heterocycles. The van der Waals surface area contributed by atoms with Crippen LogP contribution >= 0.6 is 0 Å². The van der Waals surface area contributed by atoms with Gasteiger partial charge in [0.05, 0.1) is 19.3 Å². The zero-order valence-electron chi connectivity index (χ0n) is 14.4. The summed E-state index contributed by atoms with van der Waals surface area (Å²) in [4.78, 5) is 0. The average Bonchev–Trinajstić information content (AvgIpc) is 3.02. The van der Waals surface area contributed by atoms with Crippen LogP contribution in [0.5, 0.6) is 5.75 Å². The molecule has 0 aliphatic carbocycles. The molecular weight excluding hydrogens is 298 g/mol. The van der Waals surface area contributed by atoms with E-state index >= 15 is 0 Å². The standard InChI is InChI=1S/C20H23N3O/c1-15-8-7-11-19(24-3)20(15)16(2)12-18-14-23(22-21-18)13-17-9-5-4-6-10-17/h4-11,14,16H,12-13H2,1-3H3. The van der Waals surface area contributed by atoms with Gasteiger partial charge >= 0.3 is 0 Å². The Morgan fingerprint density at radius 3 is 2.62 bits per heavy atom. The van der Waals surface area contributed by atoms with Gasteiger partial charge in [0.15, 0.2) is 0 Å². The lowest BCUT2D eigenvalue weighted by Gasteiger charge is -2.17. The second-order valence-corrected chi connectivity index (χ2v) is 6.19. The summed E-state index contributed by atoms with van der Waals surface area (Å²) in [7, 11) is 1.72. The number of aryl methyl sites for hydroxylation is 1. The van der Waals surface area contributed by atoms with Crippen molar-refractivity contribution in [2.24, 2.45) is 0 Å². The largest absolute Gasteiger partial charge is 0.496 e. The zero-order valence-corrected chi connectivity index (χ0v) is 14.4. The van der Waals surface area contributed by atoms with Crippen LogP contribution in [0.15, 0.2) is 54.7 Å². The van der Waals surface area contributed by atoms with E-state index in [0.717, 1.165) is 24.4 Å². The smallest absolute Gasteiger partial charge is 0.122 e. The summed E-state index contributed by atoms with van der Waals surface area (Å²) in [6.07, 6.45) is 2.88. The SMILES string of the molecule is COc1cccc(C)c1C(C)Cc1cn(Cc2ccccc2)nn1. The average molecular weight is 321 g/mol. The van der Waals surface area contributed by atoms with Crippen LogP contribution < -0.4 is 4.74 Å². The van der Waals surface area contributed by atoms with E-state index in [1.54, 1.807) is 7.11 Å². The molecule has 3 rings (SSSR count). The maximum Gasteiger partial charge on any atom is 0.122 e. The van der Waals surface area contributed by atoms with Gasteiger partial charge in [0, 0.05) is 11.8 Å². The second kappa shape index (κ2) is 7.30. The first kappa shape index (κ1) is 16.2. The summed E-state index contributed by atoms with van der Waals surface area (Å²) in [6.45, 7) is 5.08. The number of nitrogens with zero attached hydrogens (tertiary/aromatic N) is 3. The van der Waals surface area contributed by atoms with Gasteiger partial charge in [0.2, 0.25) is 0 Å². The van der Waals surface area contributed by atoms with Gasteiger partial charge in [0.1, 0.15) is 5.75 Å². The minimum Gasteiger partial charge on any atom is -0.496 e. The lowest BCUT2D eigenvalue weighted by molar-refractivity contribution is 0.405. The van der Waals surface area contributed by atoms with Gasteiger partial charge in [-0.3, -0.25) is 0 Å². The van der Waals surface area contributed by atoms with Crippen molar-refractivity contribution >= 4 is 0 Å². The molecule has 124 valence electrons. The van der Waals surface area contributed by atoms with E-state index in [1.165, 1.54) is 16.7 Å². The molecule has 4 heteroatoms. The van der Waals surface area contributed by atoms with Crippen molar-refractivity contribution < 1.29 is 4.74 Å². The maximum atomic E-state index is 5.53. The minimum atomic E-state index is 0.322. The molecule has 0 aliphatic heterocycles. The van der Waals surface area contributed by atoms with Crippen molar-refractivity contribution in [3.63, 3.8) is 0 Å². The monoisotopic (exact) mass is 321 g/mol. The van der Waals surface area contributed by atoms with Crippen LogP contribution in [-0.4, -0.2) is 22.1 Å². The van der Waals surface area contributed by atoms with Gasteiger partial charge in [-0.15, -0.1) is 5.10 Å². The number of hydrogen-bond donors (Lipinski definition) is 0. The number of hydrogen-bond acceptors (Lipinski definition) is 3. The lowest BCUT2D eigenvalue weighted by atomic mass is 9.92. The third kappa shape index (κ3) is 3.65. The third-order valence-electron chi connectivity index (χ3n) is 4.29. The highest BCUT2D eigenvalue weighted by Gasteiger charge is 2.16. The Kier molecular flexibility index (Phi) is 4.94. The van der Waals surface area contributed by atoms with Gasteiger partial charge in [-0.05, 0) is 36.5 Å². The molecule has 0 fully saturated rings. The van der Waals surface area contributed by atoms with E-state index in [2.05, 4.69) is 42.4 Å². The quantitative estimate of drug-likeness (QED) is 0.689. The van der Waals surface area contributed by atoms with Crippen molar-refractivity contribution in [1.29, 1.82) is 0 Å². The molecule has 0 saturated heterocycles. The van der Waals surface area contributed by atoms with Crippen LogP contribution in [0.4, 0.5) is 0 Å². The molecule has 1 unspecified atom stereocenters. The molecular formula is C20H23N3O. The maximum absolute atomic E-state index is 5.53. The lowest BCUT2D eigenvalue weighted by Crippen LogP contribution is -2.04. The van der Waals surface area contributed by atoms with Crippen LogP contribution in [0.1, 0.15) is 35.2 Å². The van der Waals surface area contributed by atoms with E-state index in [9.17, 15) is 0 Å². The molecule has 24 heavy (non-hydrogen) atoms. The summed E-state index contributed by atoms with van der Waals surface area (Å²) >= 11 is 0. The van der Waals surface area contributed by atoms with Crippen molar-refractivity contribution in [2.45, 2.75) is 32.7 Å². The summed E-state index contributed by atoms with van der Waals surface area (Å²) < 4.78 is 7.42. The highest BCUT2D eigenvalue weighted by atomic mass is 16.5. The van der Waals surface area contributed by atoms with Gasteiger partial charge < -0.3 is 4.74 Å². The van der Waals surface area contributed by atoms with E-state index < -0.39 is 0 Å². The fourth-order valence-electron chi connectivity index (χ4n) is 3.16.